The molecule has 4 aromatic rings. The molecule has 2 aromatic heterocycles. The lowest BCUT2D eigenvalue weighted by molar-refractivity contribution is 0.0273. The fourth-order valence-corrected chi connectivity index (χ4v) is 4.76. The number of aromatic amines is 1. The fourth-order valence-electron chi connectivity index (χ4n) is 4.50. The van der Waals surface area contributed by atoms with Crippen LogP contribution in [0.25, 0.3) is 33.5 Å². The molecule has 0 bridgehead atoms. The van der Waals surface area contributed by atoms with Gasteiger partial charge in [0, 0.05) is 17.7 Å². The third-order valence-corrected chi connectivity index (χ3v) is 6.51. The number of pyridine rings is 1. The molecule has 2 saturated heterocycles. The molecule has 6 rings (SSSR count). The molecule has 2 aliphatic rings. The Morgan fingerprint density at radius 1 is 1.06 bits per heavy atom. The van der Waals surface area contributed by atoms with Crippen LogP contribution in [-0.2, 0) is 9.47 Å². The zero-order valence-corrected chi connectivity index (χ0v) is 18.8. The molecule has 3 atom stereocenters. The lowest BCUT2D eigenvalue weighted by Crippen LogP contribution is -2.32. The van der Waals surface area contributed by atoms with Gasteiger partial charge in [0.05, 0.1) is 28.9 Å². The van der Waals surface area contributed by atoms with Crippen molar-refractivity contribution in [2.24, 2.45) is 5.73 Å². The highest BCUT2D eigenvalue weighted by molar-refractivity contribution is 6.33. The number of H-pyrrole nitrogens is 1. The average Bonchev–Trinajstić information content (AvgIpc) is 3.56. The zero-order chi connectivity index (χ0) is 23.2. The molecule has 9 heteroatoms. The highest BCUT2D eigenvalue weighted by atomic mass is 35.5. The summed E-state index contributed by atoms with van der Waals surface area (Å²) < 4.78 is 17.5. The zero-order valence-electron chi connectivity index (χ0n) is 18.0. The number of nitrogens with one attached hydrogen (secondary N) is 1. The molecule has 34 heavy (non-hydrogen) atoms. The van der Waals surface area contributed by atoms with Crippen LogP contribution in [0.3, 0.4) is 0 Å². The molecular weight excluding hydrogens is 456 g/mol. The maximum absolute atomic E-state index is 11.5. The number of primary amides is 1. The van der Waals surface area contributed by atoms with Crippen molar-refractivity contribution >= 4 is 28.7 Å². The predicted molar refractivity (Wildman–Crippen MR) is 127 cm³/mol. The molecule has 2 aliphatic heterocycles. The number of carbonyl (C=O) groups is 1. The lowest BCUT2D eigenvalue weighted by atomic mass is 10.0. The van der Waals surface area contributed by atoms with Crippen molar-refractivity contribution < 1.29 is 19.0 Å². The van der Waals surface area contributed by atoms with Gasteiger partial charge in [-0.25, -0.2) is 4.98 Å². The third kappa shape index (κ3) is 3.79. The number of rotatable bonds is 5. The first-order valence-corrected chi connectivity index (χ1v) is 11.4. The van der Waals surface area contributed by atoms with Gasteiger partial charge in [0.2, 0.25) is 5.91 Å². The summed E-state index contributed by atoms with van der Waals surface area (Å²) in [6, 6.07) is 17.1. The Morgan fingerprint density at radius 3 is 2.71 bits per heavy atom. The number of carbonyl (C=O) groups excluding carboxylic acids is 1. The van der Waals surface area contributed by atoms with E-state index in [1.807, 2.05) is 36.4 Å². The highest BCUT2D eigenvalue weighted by Crippen LogP contribution is 2.33. The molecule has 0 radical (unpaired) electrons. The van der Waals surface area contributed by atoms with Gasteiger partial charge < -0.3 is 24.9 Å². The van der Waals surface area contributed by atoms with Gasteiger partial charge in [0.25, 0.3) is 6.01 Å². The van der Waals surface area contributed by atoms with E-state index in [2.05, 4.69) is 15.0 Å². The Labute approximate surface area is 200 Å². The van der Waals surface area contributed by atoms with Crippen molar-refractivity contribution in [3.05, 3.63) is 65.2 Å². The number of imidazole rings is 1. The average molecular weight is 477 g/mol. The number of hydrogen-bond donors (Lipinski definition) is 2. The molecule has 1 unspecified atom stereocenters. The van der Waals surface area contributed by atoms with Crippen molar-refractivity contribution in [1.29, 1.82) is 0 Å². The number of aromatic nitrogens is 3. The van der Waals surface area contributed by atoms with Crippen LogP contribution in [0.15, 0.2) is 54.6 Å². The van der Waals surface area contributed by atoms with Crippen molar-refractivity contribution in [3.63, 3.8) is 0 Å². The number of benzene rings is 2. The Balaban J connectivity index is 1.26. The van der Waals surface area contributed by atoms with E-state index >= 15 is 0 Å². The van der Waals surface area contributed by atoms with Gasteiger partial charge in [-0.15, -0.1) is 0 Å². The summed E-state index contributed by atoms with van der Waals surface area (Å²) in [4.78, 5) is 23.8. The fraction of sp³-hybridized carbons (Fsp3) is 0.240. The molecule has 172 valence electrons. The Hall–Kier alpha value is -3.46. The largest absolute Gasteiger partial charge is 0.456 e. The predicted octanol–water partition coefficient (Wildman–Crippen LogP) is 3.98. The van der Waals surface area contributed by atoms with E-state index in [0.29, 0.717) is 46.7 Å². The number of nitrogens with zero attached hydrogens (tertiary/aromatic N) is 2. The molecule has 2 fully saturated rings. The van der Waals surface area contributed by atoms with E-state index in [9.17, 15) is 4.79 Å². The van der Waals surface area contributed by atoms with Crippen LogP contribution >= 0.6 is 11.6 Å². The summed E-state index contributed by atoms with van der Waals surface area (Å²) in [5.74, 6) is -0.457. The van der Waals surface area contributed by atoms with Crippen molar-refractivity contribution in [2.75, 3.05) is 13.2 Å². The van der Waals surface area contributed by atoms with Gasteiger partial charge in [-0.2, -0.15) is 4.98 Å². The molecule has 8 nitrogen and oxygen atoms in total. The number of nitrogens with two attached hydrogens (primary N) is 1. The van der Waals surface area contributed by atoms with Crippen LogP contribution in [0, 0.1) is 0 Å². The van der Waals surface area contributed by atoms with Gasteiger partial charge in [-0.05, 0) is 35.7 Å². The monoisotopic (exact) mass is 476 g/mol. The van der Waals surface area contributed by atoms with Gasteiger partial charge in [-0.1, -0.05) is 48.0 Å². The summed E-state index contributed by atoms with van der Waals surface area (Å²) in [5.41, 5.74) is 10.4. The molecule has 1 amide bonds. The maximum atomic E-state index is 11.5. The minimum Gasteiger partial charge on any atom is -0.456 e. The number of ether oxygens (including phenoxy) is 3. The maximum Gasteiger partial charge on any atom is 0.296 e. The summed E-state index contributed by atoms with van der Waals surface area (Å²) >= 11 is 6.56. The van der Waals surface area contributed by atoms with Gasteiger partial charge in [0.1, 0.15) is 6.10 Å². The van der Waals surface area contributed by atoms with Crippen LogP contribution in [0.1, 0.15) is 16.8 Å². The SMILES string of the molecule is NC(=O)c1cccc(-c2ccc(-c3nc4nc(OC5CO[C@@H]6CCO[C@H]56)[nH]c4cc3Cl)cc2)c1. The van der Waals surface area contributed by atoms with Gasteiger partial charge >= 0.3 is 0 Å². The van der Waals surface area contributed by atoms with E-state index < -0.39 is 5.91 Å². The van der Waals surface area contributed by atoms with Crippen molar-refractivity contribution in [1.82, 2.24) is 15.0 Å². The second-order valence-electron chi connectivity index (χ2n) is 8.41. The van der Waals surface area contributed by atoms with Crippen LogP contribution in [0.5, 0.6) is 6.01 Å². The second kappa shape index (κ2) is 8.39. The van der Waals surface area contributed by atoms with Gasteiger partial charge in [0.15, 0.2) is 11.8 Å². The van der Waals surface area contributed by atoms with E-state index in [-0.39, 0.29) is 18.3 Å². The smallest absolute Gasteiger partial charge is 0.296 e. The molecular formula is C25H21ClN4O4. The lowest BCUT2D eigenvalue weighted by Gasteiger charge is -2.15. The number of fused-ring (bicyclic) bond motifs is 2. The Bertz CT molecular complexity index is 1390. The van der Waals surface area contributed by atoms with Crippen LogP contribution < -0.4 is 10.5 Å². The summed E-state index contributed by atoms with van der Waals surface area (Å²) in [6.45, 7) is 1.16. The Kier molecular flexibility index (Phi) is 5.21. The summed E-state index contributed by atoms with van der Waals surface area (Å²) in [7, 11) is 0. The second-order valence-corrected chi connectivity index (χ2v) is 8.81. The first kappa shape index (κ1) is 21.1. The van der Waals surface area contributed by atoms with E-state index in [4.69, 9.17) is 31.5 Å². The van der Waals surface area contributed by atoms with E-state index in [1.165, 1.54) is 0 Å². The van der Waals surface area contributed by atoms with Crippen LogP contribution in [0.2, 0.25) is 5.02 Å². The van der Waals surface area contributed by atoms with E-state index in [0.717, 1.165) is 23.1 Å². The topological polar surface area (TPSA) is 112 Å². The van der Waals surface area contributed by atoms with Gasteiger partial charge in [-0.3, -0.25) is 4.79 Å². The third-order valence-electron chi connectivity index (χ3n) is 6.23. The molecule has 2 aromatic carbocycles. The van der Waals surface area contributed by atoms with Crippen molar-refractivity contribution in [3.8, 4) is 28.4 Å². The van der Waals surface area contributed by atoms with Crippen LogP contribution in [0.4, 0.5) is 0 Å². The number of hydrogen-bond acceptors (Lipinski definition) is 6. The van der Waals surface area contributed by atoms with Crippen LogP contribution in [-0.4, -0.2) is 52.4 Å². The number of amides is 1. The molecule has 3 N–H and O–H groups in total. The highest BCUT2D eigenvalue weighted by Gasteiger charge is 2.43. The Morgan fingerprint density at radius 2 is 1.88 bits per heavy atom. The summed E-state index contributed by atoms with van der Waals surface area (Å²) in [6.07, 6.45) is 0.710. The first-order valence-electron chi connectivity index (χ1n) is 11.0. The molecule has 0 aliphatic carbocycles. The minimum atomic E-state index is -0.457. The minimum absolute atomic E-state index is 0.0671. The molecule has 0 spiro atoms. The van der Waals surface area contributed by atoms with Crippen molar-refractivity contribution in [2.45, 2.75) is 24.7 Å². The number of halogens is 1. The summed E-state index contributed by atoms with van der Waals surface area (Å²) in [5, 5.41) is 0.495. The molecule has 0 saturated carbocycles. The first-order chi connectivity index (χ1) is 16.5. The standard InChI is InChI=1S/C25H21ClN4O4/c26-17-11-18-24(30-25(28-18)34-20-12-33-19-8-9-32-22(19)20)29-21(17)14-6-4-13(5-7-14)15-2-1-3-16(10-15)23(27)31/h1-7,10-11,19-20,22H,8-9,12H2,(H2,27,31)(H,28,29,30)/t19-,20?,22+/m1/s1. The normalized spacial score (nSPS) is 21.6. The quantitative estimate of drug-likeness (QED) is 0.450. The molecule has 4 heterocycles. The van der Waals surface area contributed by atoms with E-state index in [1.54, 1.807) is 18.2 Å².